The zero-order valence-corrected chi connectivity index (χ0v) is 11.0. The van der Waals surface area contributed by atoms with E-state index in [4.69, 9.17) is 5.73 Å². The van der Waals surface area contributed by atoms with Crippen molar-refractivity contribution in [1.82, 2.24) is 0 Å². The smallest absolute Gasteiger partial charge is 0.239 e. The van der Waals surface area contributed by atoms with Gasteiger partial charge in [0.2, 0.25) is 10.0 Å². The second kappa shape index (κ2) is 4.35. The van der Waals surface area contributed by atoms with Crippen LogP contribution in [0, 0.1) is 0 Å². The molecule has 16 heavy (non-hydrogen) atoms. The Balaban J connectivity index is 2.33. The highest BCUT2D eigenvalue weighted by atomic mass is 79.9. The van der Waals surface area contributed by atoms with Crippen LogP contribution in [0.15, 0.2) is 28.7 Å². The van der Waals surface area contributed by atoms with Gasteiger partial charge < -0.3 is 5.73 Å². The van der Waals surface area contributed by atoms with Crippen LogP contribution in [-0.2, 0) is 10.0 Å². The topological polar surface area (TPSA) is 63.4 Å². The van der Waals surface area contributed by atoms with E-state index in [1.165, 1.54) is 4.31 Å². The lowest BCUT2D eigenvalue weighted by atomic mass is 10.3. The second-order valence-corrected chi connectivity index (χ2v) is 6.79. The second-order valence-electron chi connectivity index (χ2n) is 3.74. The first-order chi connectivity index (χ1) is 7.55. The highest BCUT2D eigenvalue weighted by Crippen LogP contribution is 2.28. The fourth-order valence-electron chi connectivity index (χ4n) is 1.84. The summed E-state index contributed by atoms with van der Waals surface area (Å²) in [7, 11) is -3.25. The Bertz CT molecular complexity index is 472. The first kappa shape index (κ1) is 11.9. The van der Waals surface area contributed by atoms with Gasteiger partial charge in [0.15, 0.2) is 0 Å². The Hall–Kier alpha value is -0.590. The van der Waals surface area contributed by atoms with Crippen molar-refractivity contribution in [2.45, 2.75) is 11.7 Å². The first-order valence-electron chi connectivity index (χ1n) is 5.03. The first-order valence-corrected chi connectivity index (χ1v) is 7.32. The maximum atomic E-state index is 12.0. The molecule has 1 fully saturated rings. The fraction of sp³-hybridized carbons (Fsp3) is 0.400. The summed E-state index contributed by atoms with van der Waals surface area (Å²) in [4.78, 5) is 0. The molecule has 0 aliphatic carbocycles. The van der Waals surface area contributed by atoms with Gasteiger partial charge in [0, 0.05) is 17.6 Å². The maximum Gasteiger partial charge on any atom is 0.239 e. The van der Waals surface area contributed by atoms with Gasteiger partial charge in [-0.3, -0.25) is 4.31 Å². The standard InChI is InChI=1S/C10H13BrN2O2S/c11-8-1-3-9(4-2-8)13-6-5-10(7-12)16(13,14)15/h1-4,10H,5-7,12H2. The predicted molar refractivity (Wildman–Crippen MR) is 67.9 cm³/mol. The molecule has 6 heteroatoms. The number of halogens is 1. The molecule has 0 spiro atoms. The molecule has 0 amide bonds. The molecule has 1 aromatic rings. The molecule has 2 rings (SSSR count). The van der Waals surface area contributed by atoms with Gasteiger partial charge in [-0.2, -0.15) is 0 Å². The van der Waals surface area contributed by atoms with Crippen LogP contribution >= 0.6 is 15.9 Å². The van der Waals surface area contributed by atoms with Gasteiger partial charge in [-0.1, -0.05) is 15.9 Å². The highest BCUT2D eigenvalue weighted by Gasteiger charge is 2.37. The van der Waals surface area contributed by atoms with E-state index in [1.54, 1.807) is 12.1 Å². The van der Waals surface area contributed by atoms with Crippen LogP contribution in [0.4, 0.5) is 5.69 Å². The quantitative estimate of drug-likeness (QED) is 0.896. The van der Waals surface area contributed by atoms with Gasteiger partial charge in [0.25, 0.3) is 0 Å². The molecule has 0 radical (unpaired) electrons. The van der Waals surface area contributed by atoms with Crippen LogP contribution in [0.25, 0.3) is 0 Å². The highest BCUT2D eigenvalue weighted by molar-refractivity contribution is 9.10. The molecule has 1 unspecified atom stereocenters. The van der Waals surface area contributed by atoms with Gasteiger partial charge in [-0.05, 0) is 30.7 Å². The van der Waals surface area contributed by atoms with Gasteiger partial charge in [-0.25, -0.2) is 8.42 Å². The Labute approximate surface area is 104 Å². The minimum absolute atomic E-state index is 0.190. The number of hydrogen-bond donors (Lipinski definition) is 1. The van der Waals surface area contributed by atoms with Crippen molar-refractivity contribution in [1.29, 1.82) is 0 Å². The van der Waals surface area contributed by atoms with Crippen molar-refractivity contribution < 1.29 is 8.42 Å². The summed E-state index contributed by atoms with van der Waals surface area (Å²) in [6, 6.07) is 7.25. The average molecular weight is 305 g/mol. The lowest BCUT2D eigenvalue weighted by Gasteiger charge is -2.18. The van der Waals surface area contributed by atoms with Crippen LogP contribution in [0.1, 0.15) is 6.42 Å². The summed E-state index contributed by atoms with van der Waals surface area (Å²) < 4.78 is 26.5. The average Bonchev–Trinajstić information content (AvgIpc) is 2.54. The summed E-state index contributed by atoms with van der Waals surface area (Å²) in [5.41, 5.74) is 6.17. The molecular formula is C10H13BrN2O2S. The molecule has 1 aliphatic heterocycles. The van der Waals surface area contributed by atoms with Gasteiger partial charge >= 0.3 is 0 Å². The molecule has 0 saturated carbocycles. The molecule has 88 valence electrons. The predicted octanol–water partition coefficient (Wildman–Crippen LogP) is 1.32. The molecule has 1 saturated heterocycles. The van der Waals surface area contributed by atoms with Crippen molar-refractivity contribution in [2.75, 3.05) is 17.4 Å². The molecular weight excluding hydrogens is 292 g/mol. The molecule has 4 nitrogen and oxygen atoms in total. The largest absolute Gasteiger partial charge is 0.329 e. The maximum absolute atomic E-state index is 12.0. The van der Waals surface area contributed by atoms with Gasteiger partial charge in [-0.15, -0.1) is 0 Å². The molecule has 0 bridgehead atoms. The Morgan fingerprint density at radius 3 is 2.50 bits per heavy atom. The normalized spacial score (nSPS) is 23.6. The van der Waals surface area contributed by atoms with E-state index < -0.39 is 15.3 Å². The summed E-state index contributed by atoms with van der Waals surface area (Å²) in [5.74, 6) is 0. The van der Waals surface area contributed by atoms with E-state index in [9.17, 15) is 8.42 Å². The molecule has 1 atom stereocenters. The number of nitrogens with zero attached hydrogens (tertiary/aromatic N) is 1. The lowest BCUT2D eigenvalue weighted by molar-refractivity contribution is 0.588. The number of benzene rings is 1. The summed E-state index contributed by atoms with van der Waals surface area (Å²) in [6.45, 7) is 0.710. The molecule has 1 aliphatic rings. The number of nitrogens with two attached hydrogens (primary N) is 1. The van der Waals surface area contributed by atoms with Crippen molar-refractivity contribution in [2.24, 2.45) is 5.73 Å². The SMILES string of the molecule is NCC1CCN(c2ccc(Br)cc2)S1(=O)=O. The molecule has 1 aromatic carbocycles. The van der Waals surface area contributed by atoms with E-state index in [-0.39, 0.29) is 6.54 Å². The third kappa shape index (κ3) is 1.97. The molecule has 2 N–H and O–H groups in total. The molecule has 0 aromatic heterocycles. The van der Waals surface area contributed by atoms with E-state index in [1.807, 2.05) is 12.1 Å². The minimum atomic E-state index is -3.25. The van der Waals surface area contributed by atoms with Crippen molar-refractivity contribution in [3.8, 4) is 0 Å². The summed E-state index contributed by atoms with van der Waals surface area (Å²) in [6.07, 6.45) is 0.606. The van der Waals surface area contributed by atoms with Crippen molar-refractivity contribution in [3.63, 3.8) is 0 Å². The van der Waals surface area contributed by atoms with Crippen LogP contribution in [0.5, 0.6) is 0 Å². The van der Waals surface area contributed by atoms with E-state index in [0.717, 1.165) is 4.47 Å². The van der Waals surface area contributed by atoms with E-state index in [0.29, 0.717) is 18.7 Å². The minimum Gasteiger partial charge on any atom is -0.329 e. The van der Waals surface area contributed by atoms with Crippen LogP contribution in [0.2, 0.25) is 0 Å². The number of rotatable bonds is 2. The Kier molecular flexibility index (Phi) is 3.23. The van der Waals surface area contributed by atoms with Crippen LogP contribution in [-0.4, -0.2) is 26.8 Å². The van der Waals surface area contributed by atoms with Crippen LogP contribution < -0.4 is 10.0 Å². The third-order valence-corrected chi connectivity index (χ3v) is 5.57. The summed E-state index contributed by atoms with van der Waals surface area (Å²) in [5, 5.41) is -0.434. The van der Waals surface area contributed by atoms with Crippen molar-refractivity contribution >= 4 is 31.6 Å². The van der Waals surface area contributed by atoms with Crippen LogP contribution in [0.3, 0.4) is 0 Å². The van der Waals surface area contributed by atoms with Gasteiger partial charge in [0.05, 0.1) is 10.9 Å². The number of sulfonamides is 1. The number of anilines is 1. The monoisotopic (exact) mass is 304 g/mol. The Morgan fingerprint density at radius 1 is 1.38 bits per heavy atom. The van der Waals surface area contributed by atoms with E-state index >= 15 is 0 Å². The van der Waals surface area contributed by atoms with Crippen molar-refractivity contribution in [3.05, 3.63) is 28.7 Å². The van der Waals surface area contributed by atoms with E-state index in [2.05, 4.69) is 15.9 Å². The van der Waals surface area contributed by atoms with Gasteiger partial charge in [0.1, 0.15) is 0 Å². The number of hydrogen-bond acceptors (Lipinski definition) is 3. The third-order valence-electron chi connectivity index (χ3n) is 2.76. The summed E-state index contributed by atoms with van der Waals surface area (Å²) >= 11 is 3.32. The zero-order valence-electron chi connectivity index (χ0n) is 8.64. The lowest BCUT2D eigenvalue weighted by Crippen LogP contribution is -2.33. The fourth-order valence-corrected chi connectivity index (χ4v) is 3.89. The zero-order chi connectivity index (χ0) is 11.8. The Morgan fingerprint density at radius 2 is 2.00 bits per heavy atom. The molecule has 1 heterocycles.